The quantitative estimate of drug-likeness (QED) is 0.189. The Morgan fingerprint density at radius 2 is 1.98 bits per heavy atom. The number of esters is 1. The molecule has 3 heterocycles. The number of hydrogen-bond acceptors (Lipinski definition) is 11. The molecule has 0 bridgehead atoms. The predicted molar refractivity (Wildman–Crippen MR) is 153 cm³/mol. The number of aliphatic hydroxyl groups is 1. The molecule has 15 heteroatoms. The molecule has 0 unspecified atom stereocenters. The summed E-state index contributed by atoms with van der Waals surface area (Å²) < 4.78 is 53.7. The summed E-state index contributed by atoms with van der Waals surface area (Å²) in [6, 6.07) is 7.12. The number of imidazole rings is 1. The van der Waals surface area contributed by atoms with Gasteiger partial charge in [-0.25, -0.2) is 23.9 Å². The molecule has 4 rings (SSSR count). The van der Waals surface area contributed by atoms with Gasteiger partial charge in [0.2, 0.25) is 0 Å². The number of carbonyl (C=O) groups excluding carboxylic acids is 1. The normalized spacial score (nSPS) is 24.5. The van der Waals surface area contributed by atoms with Crippen LogP contribution >= 0.6 is 7.75 Å². The molecule has 0 amide bonds. The van der Waals surface area contributed by atoms with Crippen molar-refractivity contribution in [3.05, 3.63) is 42.5 Å². The summed E-state index contributed by atoms with van der Waals surface area (Å²) in [7, 11) is -4.27. The Morgan fingerprint density at radius 3 is 2.64 bits per heavy atom. The van der Waals surface area contributed by atoms with E-state index in [1.165, 1.54) is 24.7 Å². The van der Waals surface area contributed by atoms with Crippen LogP contribution in [0.1, 0.15) is 53.1 Å². The minimum absolute atomic E-state index is 0.200. The van der Waals surface area contributed by atoms with Crippen molar-refractivity contribution in [3.63, 3.8) is 0 Å². The predicted octanol–water partition coefficient (Wildman–Crippen LogP) is 4.08. The standard InChI is InChI=1S/C27H38FN6O7P/c1-7-13-29-23-21-24(32-18(5)31-23)34(15-30-21)26-27(6,28)22(35)20(40-26)14-38-42(37,41-19-11-9-8-10-12-19)33-17(4)25(36)39-16(2)3/h8-12,15-17,20,22,26,35H,7,13-14H2,1-6H3,(H,33,37)(H,29,31,32)/t17-,20+,22+,26+,27+,42+/m0/s1. The monoisotopic (exact) mass is 608 g/mol. The number of aromatic nitrogens is 4. The van der Waals surface area contributed by atoms with E-state index >= 15 is 4.39 Å². The number of aliphatic hydroxyl groups excluding tert-OH is 1. The molecule has 3 aromatic rings. The van der Waals surface area contributed by atoms with Crippen LogP contribution in [0.3, 0.4) is 0 Å². The first-order chi connectivity index (χ1) is 19.8. The van der Waals surface area contributed by atoms with Crippen molar-refractivity contribution in [1.29, 1.82) is 0 Å². The molecule has 1 saturated heterocycles. The number of benzene rings is 1. The molecule has 2 aromatic heterocycles. The molecule has 1 fully saturated rings. The van der Waals surface area contributed by atoms with Gasteiger partial charge in [-0.15, -0.1) is 0 Å². The summed E-state index contributed by atoms with van der Waals surface area (Å²) in [6.07, 6.45) is -2.46. The number of halogens is 1. The fourth-order valence-corrected chi connectivity index (χ4v) is 5.92. The van der Waals surface area contributed by atoms with Crippen LogP contribution in [0.4, 0.5) is 10.2 Å². The highest BCUT2D eigenvalue weighted by Gasteiger charge is 2.56. The molecule has 0 aliphatic carbocycles. The highest BCUT2D eigenvalue weighted by atomic mass is 31.2. The summed E-state index contributed by atoms with van der Waals surface area (Å²) in [5, 5.41) is 16.7. The van der Waals surface area contributed by atoms with Gasteiger partial charge in [0.1, 0.15) is 29.8 Å². The second-order valence-corrected chi connectivity index (χ2v) is 12.2. The van der Waals surface area contributed by atoms with Gasteiger partial charge in [-0.3, -0.25) is 13.9 Å². The van der Waals surface area contributed by atoms with E-state index in [0.717, 1.165) is 6.42 Å². The Bertz CT molecular complexity index is 1420. The molecule has 0 saturated carbocycles. The van der Waals surface area contributed by atoms with Crippen LogP contribution in [0.15, 0.2) is 36.7 Å². The van der Waals surface area contributed by atoms with Crippen LogP contribution in [-0.2, 0) is 23.4 Å². The molecular formula is C27H38FN6O7P. The van der Waals surface area contributed by atoms with E-state index in [0.29, 0.717) is 29.4 Å². The van der Waals surface area contributed by atoms with Crippen LogP contribution in [0.25, 0.3) is 11.2 Å². The van der Waals surface area contributed by atoms with Crippen LogP contribution in [-0.4, -0.2) is 73.8 Å². The van der Waals surface area contributed by atoms with Crippen molar-refractivity contribution < 1.29 is 37.4 Å². The first-order valence-electron chi connectivity index (χ1n) is 13.8. The van der Waals surface area contributed by atoms with Gasteiger partial charge in [0, 0.05) is 6.54 Å². The molecule has 1 aliphatic heterocycles. The van der Waals surface area contributed by atoms with E-state index in [-0.39, 0.29) is 5.75 Å². The lowest BCUT2D eigenvalue weighted by molar-refractivity contribution is -0.149. The number of nitrogens with zero attached hydrogens (tertiary/aromatic N) is 4. The third kappa shape index (κ3) is 7.07. The molecule has 0 spiro atoms. The Labute approximate surface area is 243 Å². The molecule has 1 aliphatic rings. The molecule has 0 radical (unpaired) electrons. The zero-order valence-electron chi connectivity index (χ0n) is 24.5. The van der Waals surface area contributed by atoms with E-state index in [9.17, 15) is 14.5 Å². The lowest BCUT2D eigenvalue weighted by Crippen LogP contribution is -2.41. The Hall–Kier alpha value is -3.16. The maximum Gasteiger partial charge on any atom is 0.459 e. The topological polar surface area (TPSA) is 159 Å². The van der Waals surface area contributed by atoms with Gasteiger partial charge in [-0.2, -0.15) is 5.09 Å². The first-order valence-corrected chi connectivity index (χ1v) is 15.3. The van der Waals surface area contributed by atoms with E-state index in [1.54, 1.807) is 51.1 Å². The van der Waals surface area contributed by atoms with Crippen molar-refractivity contribution in [2.75, 3.05) is 18.5 Å². The van der Waals surface area contributed by atoms with Gasteiger partial charge < -0.3 is 24.4 Å². The maximum absolute atomic E-state index is 16.1. The third-order valence-electron chi connectivity index (χ3n) is 6.48. The van der Waals surface area contributed by atoms with Crippen molar-refractivity contribution in [3.8, 4) is 5.75 Å². The number of fused-ring (bicyclic) bond motifs is 1. The van der Waals surface area contributed by atoms with E-state index < -0.39 is 56.6 Å². The zero-order valence-corrected chi connectivity index (χ0v) is 25.4. The van der Waals surface area contributed by atoms with Crippen molar-refractivity contribution >= 4 is 30.7 Å². The number of alkyl halides is 1. The van der Waals surface area contributed by atoms with Crippen molar-refractivity contribution in [2.45, 2.75) is 84.2 Å². The second-order valence-electron chi connectivity index (χ2n) is 10.5. The minimum Gasteiger partial charge on any atom is -0.462 e. The average Bonchev–Trinajstić information content (AvgIpc) is 3.43. The Morgan fingerprint density at radius 1 is 1.26 bits per heavy atom. The molecule has 230 valence electrons. The van der Waals surface area contributed by atoms with E-state index in [4.69, 9.17) is 18.5 Å². The summed E-state index contributed by atoms with van der Waals surface area (Å²) in [4.78, 5) is 25.6. The van der Waals surface area contributed by atoms with Gasteiger partial charge in [-0.1, -0.05) is 25.1 Å². The smallest absolute Gasteiger partial charge is 0.459 e. The Balaban J connectivity index is 1.56. The van der Waals surface area contributed by atoms with E-state index in [2.05, 4.69) is 25.4 Å². The summed E-state index contributed by atoms with van der Waals surface area (Å²) in [5.74, 6) is 0.478. The zero-order chi connectivity index (χ0) is 30.7. The van der Waals surface area contributed by atoms with Crippen LogP contribution < -0.4 is 14.9 Å². The lowest BCUT2D eigenvalue weighted by Gasteiger charge is -2.25. The number of anilines is 1. The molecule has 13 nitrogen and oxygen atoms in total. The van der Waals surface area contributed by atoms with Crippen LogP contribution in [0, 0.1) is 6.92 Å². The number of ether oxygens (including phenoxy) is 2. The average molecular weight is 609 g/mol. The molecular weight excluding hydrogens is 570 g/mol. The van der Waals surface area contributed by atoms with Gasteiger partial charge in [0.25, 0.3) is 0 Å². The number of carbonyl (C=O) groups is 1. The maximum atomic E-state index is 16.1. The summed E-state index contributed by atoms with van der Waals surface area (Å²) >= 11 is 0. The number of rotatable bonds is 13. The van der Waals surface area contributed by atoms with Crippen molar-refractivity contribution in [2.24, 2.45) is 0 Å². The molecule has 42 heavy (non-hydrogen) atoms. The van der Waals surface area contributed by atoms with Gasteiger partial charge in [0.15, 0.2) is 28.9 Å². The highest BCUT2D eigenvalue weighted by molar-refractivity contribution is 7.52. The number of aryl methyl sites for hydroxylation is 1. The van der Waals surface area contributed by atoms with E-state index in [1.807, 2.05) is 6.92 Å². The lowest BCUT2D eigenvalue weighted by atomic mass is 9.98. The van der Waals surface area contributed by atoms with Crippen LogP contribution in [0.5, 0.6) is 5.75 Å². The number of nitrogens with one attached hydrogen (secondary N) is 2. The minimum atomic E-state index is -4.27. The number of hydrogen-bond donors (Lipinski definition) is 3. The fourth-order valence-electron chi connectivity index (χ4n) is 4.42. The highest BCUT2D eigenvalue weighted by Crippen LogP contribution is 2.48. The molecule has 3 N–H and O–H groups in total. The van der Waals surface area contributed by atoms with Crippen LogP contribution in [0.2, 0.25) is 0 Å². The van der Waals surface area contributed by atoms with Crippen molar-refractivity contribution in [1.82, 2.24) is 24.6 Å². The fraction of sp³-hybridized carbons (Fsp3) is 0.556. The SMILES string of the molecule is CCCNc1nc(C)nc2c1ncn2[C@@H]1O[C@H](CO[P@](=O)(N[C@@H](C)C(=O)OC(C)C)Oc2ccccc2)[C@@H](O)[C@@]1(C)F. The van der Waals surface area contributed by atoms with Gasteiger partial charge in [0.05, 0.1) is 19.0 Å². The van der Waals surface area contributed by atoms with Gasteiger partial charge >= 0.3 is 13.7 Å². The summed E-state index contributed by atoms with van der Waals surface area (Å²) in [5.41, 5.74) is -1.57. The molecule has 1 aromatic carbocycles. The third-order valence-corrected chi connectivity index (χ3v) is 8.12. The summed E-state index contributed by atoms with van der Waals surface area (Å²) in [6.45, 7) is 9.85. The molecule has 6 atom stereocenters. The first kappa shape index (κ1) is 31.8. The van der Waals surface area contributed by atoms with Gasteiger partial charge in [-0.05, 0) is 53.2 Å². The largest absolute Gasteiger partial charge is 0.462 e. The Kier molecular flexibility index (Phi) is 9.84. The second kappa shape index (κ2) is 13.0. The number of para-hydroxylation sites is 1.